The third-order valence-corrected chi connectivity index (χ3v) is 6.10. The maximum absolute atomic E-state index is 12.4. The number of fused-ring (bicyclic) bond motifs is 1. The van der Waals surface area contributed by atoms with Crippen LogP contribution in [0.5, 0.6) is 5.75 Å². The van der Waals surface area contributed by atoms with E-state index < -0.39 is 18.2 Å². The Hall–Kier alpha value is -2.22. The lowest BCUT2D eigenvalue weighted by molar-refractivity contribution is -0.154. The van der Waals surface area contributed by atoms with Gasteiger partial charge in [0, 0.05) is 12.9 Å². The molecule has 0 saturated heterocycles. The smallest absolute Gasteiger partial charge is 0.353 e. The minimum Gasteiger partial charge on any atom is -0.497 e. The van der Waals surface area contributed by atoms with Crippen LogP contribution >= 0.6 is 23.4 Å². The first-order valence-electron chi connectivity index (χ1n) is 8.95. The predicted octanol–water partition coefficient (Wildman–Crippen LogP) is 4.21. The average molecular weight is 437 g/mol. The lowest BCUT2D eigenvalue weighted by Crippen LogP contribution is -2.16. The second-order valence-electron chi connectivity index (χ2n) is 6.36. The highest BCUT2D eigenvalue weighted by Gasteiger charge is 2.33. The molecule has 29 heavy (non-hydrogen) atoms. The van der Waals surface area contributed by atoms with Gasteiger partial charge in [0.25, 0.3) is 0 Å². The molecule has 0 aliphatic carbocycles. The summed E-state index contributed by atoms with van der Waals surface area (Å²) in [4.78, 5) is 24.4. The number of rotatable bonds is 8. The number of ether oxygens (including phenoxy) is 4. The number of carbonyl (C=O) groups is 2. The molecule has 0 radical (unpaired) electrons. The van der Waals surface area contributed by atoms with Gasteiger partial charge in [-0.2, -0.15) is 0 Å². The molecular formula is C21H21ClO6S. The van der Waals surface area contributed by atoms with Gasteiger partial charge in [-0.3, -0.25) is 4.79 Å². The van der Waals surface area contributed by atoms with Crippen LogP contribution in [0.4, 0.5) is 0 Å². The van der Waals surface area contributed by atoms with Crippen molar-refractivity contribution in [3.63, 3.8) is 0 Å². The molecule has 3 rings (SSSR count). The van der Waals surface area contributed by atoms with E-state index in [2.05, 4.69) is 0 Å². The van der Waals surface area contributed by atoms with Crippen LogP contribution in [0.25, 0.3) is 10.8 Å². The lowest BCUT2D eigenvalue weighted by atomic mass is 9.98. The second-order valence-corrected chi connectivity index (χ2v) is 7.88. The zero-order valence-electron chi connectivity index (χ0n) is 16.3. The van der Waals surface area contributed by atoms with Crippen molar-refractivity contribution >= 4 is 46.1 Å². The topological polar surface area (TPSA) is 71.1 Å². The fraction of sp³-hybridized carbons (Fsp3) is 0.333. The summed E-state index contributed by atoms with van der Waals surface area (Å²) in [5, 5.41) is 2.07. The SMILES string of the molecule is COc1ccc2cc(C(C)C(=O)OCCSC3=C(Cl)C(=O)OC3OC)ccc2c1. The maximum atomic E-state index is 12.4. The molecule has 6 nitrogen and oxygen atoms in total. The van der Waals surface area contributed by atoms with Crippen LogP contribution in [0, 0.1) is 0 Å². The van der Waals surface area contributed by atoms with E-state index in [1.165, 1.54) is 18.9 Å². The Bertz CT molecular complexity index is 957. The summed E-state index contributed by atoms with van der Waals surface area (Å²) in [7, 11) is 3.05. The number of hydrogen-bond donors (Lipinski definition) is 0. The largest absolute Gasteiger partial charge is 0.497 e. The van der Waals surface area contributed by atoms with E-state index in [-0.39, 0.29) is 17.6 Å². The minimum absolute atomic E-state index is 0.00865. The summed E-state index contributed by atoms with van der Waals surface area (Å²) < 4.78 is 20.6. The third kappa shape index (κ3) is 4.86. The number of halogens is 1. The normalized spacial score (nSPS) is 17.4. The number of hydrogen-bond acceptors (Lipinski definition) is 7. The highest BCUT2D eigenvalue weighted by atomic mass is 35.5. The summed E-state index contributed by atoms with van der Waals surface area (Å²) in [6.07, 6.45) is -0.800. The van der Waals surface area contributed by atoms with Crippen molar-refractivity contribution in [2.75, 3.05) is 26.6 Å². The zero-order chi connectivity index (χ0) is 21.0. The Morgan fingerprint density at radius 1 is 1.21 bits per heavy atom. The molecule has 0 fully saturated rings. The van der Waals surface area contributed by atoms with Crippen LogP contribution in [0.3, 0.4) is 0 Å². The highest BCUT2D eigenvalue weighted by molar-refractivity contribution is 8.03. The van der Waals surface area contributed by atoms with Gasteiger partial charge in [0.1, 0.15) is 17.4 Å². The van der Waals surface area contributed by atoms with Gasteiger partial charge in [0.05, 0.1) is 17.9 Å². The van der Waals surface area contributed by atoms with E-state index in [4.69, 9.17) is 30.5 Å². The monoisotopic (exact) mass is 436 g/mol. The summed E-state index contributed by atoms with van der Waals surface area (Å²) in [5.41, 5.74) is 0.875. The molecule has 0 bridgehead atoms. The molecule has 2 atom stereocenters. The van der Waals surface area contributed by atoms with Crippen LogP contribution in [-0.4, -0.2) is 44.8 Å². The summed E-state index contributed by atoms with van der Waals surface area (Å²) >= 11 is 7.20. The van der Waals surface area contributed by atoms with Gasteiger partial charge in [-0.15, -0.1) is 11.8 Å². The molecule has 154 valence electrons. The molecule has 0 saturated carbocycles. The van der Waals surface area contributed by atoms with E-state index >= 15 is 0 Å². The average Bonchev–Trinajstić information content (AvgIpc) is 3.02. The molecule has 1 aliphatic rings. The Morgan fingerprint density at radius 3 is 2.66 bits per heavy atom. The quantitative estimate of drug-likeness (QED) is 0.453. The van der Waals surface area contributed by atoms with Gasteiger partial charge in [0.2, 0.25) is 6.29 Å². The van der Waals surface area contributed by atoms with Gasteiger partial charge >= 0.3 is 11.9 Å². The molecule has 2 aromatic rings. The minimum atomic E-state index is -0.800. The van der Waals surface area contributed by atoms with Crippen molar-refractivity contribution in [1.82, 2.24) is 0 Å². The Balaban J connectivity index is 1.55. The van der Waals surface area contributed by atoms with Gasteiger partial charge in [-0.25, -0.2) is 4.79 Å². The van der Waals surface area contributed by atoms with Crippen molar-refractivity contribution in [1.29, 1.82) is 0 Å². The zero-order valence-corrected chi connectivity index (χ0v) is 17.8. The first-order valence-corrected chi connectivity index (χ1v) is 10.3. The van der Waals surface area contributed by atoms with Crippen molar-refractivity contribution in [3.8, 4) is 5.75 Å². The maximum Gasteiger partial charge on any atom is 0.353 e. The van der Waals surface area contributed by atoms with Crippen LogP contribution in [0.15, 0.2) is 46.3 Å². The molecule has 2 unspecified atom stereocenters. The fourth-order valence-electron chi connectivity index (χ4n) is 2.89. The number of methoxy groups -OCH3 is 2. The standard InChI is InChI=1S/C21H21ClO6S/c1-12(13-4-5-15-11-16(25-2)7-6-14(15)10-13)19(23)27-8-9-29-18-17(22)20(24)28-21(18)26-3/h4-7,10-12,21H,8-9H2,1-3H3. The number of thioether (sulfide) groups is 1. The van der Waals surface area contributed by atoms with Crippen LogP contribution in [0.1, 0.15) is 18.4 Å². The number of cyclic esters (lactones) is 1. The molecule has 1 heterocycles. The lowest BCUT2D eigenvalue weighted by Gasteiger charge is -2.14. The van der Waals surface area contributed by atoms with Gasteiger partial charge < -0.3 is 18.9 Å². The Morgan fingerprint density at radius 2 is 1.93 bits per heavy atom. The summed E-state index contributed by atoms with van der Waals surface area (Å²) in [5.74, 6) is -0.119. The van der Waals surface area contributed by atoms with Crippen molar-refractivity contribution < 1.29 is 28.5 Å². The van der Waals surface area contributed by atoms with E-state index in [0.29, 0.717) is 10.7 Å². The third-order valence-electron chi connectivity index (χ3n) is 4.55. The van der Waals surface area contributed by atoms with Gasteiger partial charge in [-0.1, -0.05) is 35.9 Å². The summed E-state index contributed by atoms with van der Waals surface area (Å²) in [6.45, 7) is 1.99. The number of carbonyl (C=O) groups excluding carboxylic acids is 2. The molecule has 0 N–H and O–H groups in total. The predicted molar refractivity (Wildman–Crippen MR) is 112 cm³/mol. The van der Waals surface area contributed by atoms with E-state index in [0.717, 1.165) is 22.1 Å². The number of esters is 2. The Kier molecular flexibility index (Phi) is 7.05. The van der Waals surface area contributed by atoms with E-state index in [1.807, 2.05) is 43.3 Å². The van der Waals surface area contributed by atoms with Gasteiger partial charge in [-0.05, 0) is 35.4 Å². The van der Waals surface area contributed by atoms with Crippen molar-refractivity contribution in [2.24, 2.45) is 0 Å². The van der Waals surface area contributed by atoms with Crippen molar-refractivity contribution in [3.05, 3.63) is 51.9 Å². The highest BCUT2D eigenvalue weighted by Crippen LogP contribution is 2.34. The first kappa shape index (κ1) is 21.5. The van der Waals surface area contributed by atoms with Crippen LogP contribution < -0.4 is 4.74 Å². The van der Waals surface area contributed by atoms with Crippen LogP contribution in [0.2, 0.25) is 0 Å². The van der Waals surface area contributed by atoms with Gasteiger partial charge in [0.15, 0.2) is 0 Å². The second kappa shape index (κ2) is 9.52. The molecule has 0 aromatic heterocycles. The number of benzene rings is 2. The van der Waals surface area contributed by atoms with Crippen LogP contribution in [-0.2, 0) is 23.8 Å². The Labute approximate surface area is 178 Å². The van der Waals surface area contributed by atoms with Crippen molar-refractivity contribution in [2.45, 2.75) is 19.1 Å². The summed E-state index contributed by atoms with van der Waals surface area (Å²) in [6, 6.07) is 11.6. The molecule has 1 aliphatic heterocycles. The van der Waals surface area contributed by atoms with E-state index in [1.54, 1.807) is 7.11 Å². The molecule has 2 aromatic carbocycles. The molecule has 0 amide bonds. The molecule has 0 spiro atoms. The van der Waals surface area contributed by atoms with E-state index in [9.17, 15) is 9.59 Å². The molecule has 8 heteroatoms. The first-order chi connectivity index (χ1) is 13.9. The fourth-order valence-corrected chi connectivity index (χ4v) is 4.06. The molecular weight excluding hydrogens is 416 g/mol.